The van der Waals surface area contributed by atoms with E-state index in [2.05, 4.69) is 63.3 Å². The highest BCUT2D eigenvalue weighted by Gasteiger charge is 2.28. The lowest BCUT2D eigenvalue weighted by atomic mass is 9.88. The number of ether oxygens (including phenoxy) is 1. The molecule has 0 atom stereocenters. The maximum Gasteiger partial charge on any atom is 0.330 e. The van der Waals surface area contributed by atoms with E-state index in [1.165, 1.54) is 21.4 Å². The van der Waals surface area contributed by atoms with Crippen molar-refractivity contribution in [3.05, 3.63) is 63.4 Å². The Morgan fingerprint density at radius 1 is 1.19 bits per heavy atom. The van der Waals surface area contributed by atoms with Gasteiger partial charge in [-0.1, -0.05) is 73.7 Å². The molecule has 2 nitrogen and oxygen atoms in total. The zero-order valence-corrected chi connectivity index (χ0v) is 19.8. The average molecular weight is 496 g/mol. The first-order valence-corrected chi connectivity index (χ1v) is 11.3. The summed E-state index contributed by atoms with van der Waals surface area (Å²) in [6.45, 7) is 11.7. The smallest absolute Gasteiger partial charge is 0.330 e. The molecule has 0 amide bonds. The summed E-state index contributed by atoms with van der Waals surface area (Å²) in [5, 5.41) is 0. The van der Waals surface area contributed by atoms with Crippen molar-refractivity contribution in [2.24, 2.45) is 0 Å². The molecule has 0 saturated heterocycles. The number of hydrogen-bond acceptors (Lipinski definition) is 3. The zero-order valence-electron chi connectivity index (χ0n) is 16.8. The van der Waals surface area contributed by atoms with Crippen molar-refractivity contribution in [3.63, 3.8) is 0 Å². The van der Waals surface area contributed by atoms with Crippen LogP contribution in [0.5, 0.6) is 0 Å². The molecule has 0 N–H and O–H groups in total. The first kappa shape index (κ1) is 22.2. The minimum absolute atomic E-state index is 0.0665. The molecule has 0 spiro atoms. The Kier molecular flexibility index (Phi) is 7.69. The van der Waals surface area contributed by atoms with Crippen LogP contribution in [-0.2, 0) is 24.8 Å². The number of esters is 1. The van der Waals surface area contributed by atoms with Crippen LogP contribution in [0.15, 0.2) is 42.5 Å². The summed E-state index contributed by atoms with van der Waals surface area (Å²) in [5.74, 6) is -0.293. The summed E-state index contributed by atoms with van der Waals surface area (Å²) < 4.78 is 5.50. The number of halogens is 1. The molecular weight excluding hydrogens is 467 g/mol. The summed E-state index contributed by atoms with van der Waals surface area (Å²) in [6, 6.07) is 12.1. The Bertz CT molecular complexity index is 782. The second-order valence-corrected chi connectivity index (χ2v) is 11.6. The third kappa shape index (κ3) is 6.46. The third-order valence-electron chi connectivity index (χ3n) is 4.73. The van der Waals surface area contributed by atoms with Gasteiger partial charge in [-0.3, -0.25) is 0 Å². The van der Waals surface area contributed by atoms with Crippen LogP contribution in [0.3, 0.4) is 0 Å². The molecule has 0 unspecified atom stereocenters. The van der Waals surface area contributed by atoms with Crippen molar-refractivity contribution in [1.29, 1.82) is 0 Å². The summed E-state index contributed by atoms with van der Waals surface area (Å²) in [4.78, 5) is 14.8. The highest BCUT2D eigenvalue weighted by atomic mass is 127. The van der Waals surface area contributed by atoms with Crippen molar-refractivity contribution in [3.8, 4) is 0 Å². The van der Waals surface area contributed by atoms with Crippen LogP contribution in [-0.4, -0.2) is 12.6 Å². The number of carbonyl (C=O) groups is 1. The molecule has 0 radical (unpaired) electrons. The Balaban J connectivity index is 2.02. The molecule has 0 bridgehead atoms. The molecule has 2 rings (SSSR count). The Morgan fingerprint density at radius 2 is 1.85 bits per heavy atom. The molecule has 27 heavy (non-hydrogen) atoms. The van der Waals surface area contributed by atoms with Crippen molar-refractivity contribution in [1.82, 2.24) is 0 Å². The highest BCUT2D eigenvalue weighted by molar-refractivity contribution is 14.1. The molecule has 0 aliphatic carbocycles. The molecule has 0 saturated carbocycles. The molecule has 0 aliphatic heterocycles. The van der Waals surface area contributed by atoms with Crippen molar-refractivity contribution >= 4 is 46.0 Å². The van der Waals surface area contributed by atoms with E-state index in [0.29, 0.717) is 6.61 Å². The van der Waals surface area contributed by atoms with E-state index in [4.69, 9.17) is 4.74 Å². The van der Waals surface area contributed by atoms with Gasteiger partial charge in [0, 0.05) is 22.3 Å². The number of rotatable bonds is 8. The molecule has 1 aromatic carbocycles. The summed E-state index contributed by atoms with van der Waals surface area (Å²) in [5.41, 5.74) is 2.47. The van der Waals surface area contributed by atoms with E-state index in [1.807, 2.05) is 41.7 Å². The third-order valence-corrected chi connectivity index (χ3v) is 7.50. The molecule has 4 heteroatoms. The molecule has 1 aromatic heterocycles. The number of thiophene rings is 1. The van der Waals surface area contributed by atoms with Crippen LogP contribution in [0, 0.1) is 0 Å². The van der Waals surface area contributed by atoms with E-state index in [9.17, 15) is 4.79 Å². The van der Waals surface area contributed by atoms with Crippen LogP contribution in [0.4, 0.5) is 0 Å². The van der Waals surface area contributed by atoms with E-state index >= 15 is 0 Å². The van der Waals surface area contributed by atoms with Gasteiger partial charge in [-0.05, 0) is 49.0 Å². The van der Waals surface area contributed by atoms with Gasteiger partial charge in [0.05, 0.1) is 10.0 Å². The highest BCUT2D eigenvalue weighted by Crippen LogP contribution is 2.43. The summed E-state index contributed by atoms with van der Waals surface area (Å²) >= 11 is 4.40. The van der Waals surface area contributed by atoms with Gasteiger partial charge in [-0.25, -0.2) is 4.79 Å². The molecular formula is C23H29IO2S. The molecule has 0 aliphatic rings. The average Bonchev–Trinajstić information content (AvgIpc) is 3.06. The van der Waals surface area contributed by atoms with Gasteiger partial charge in [-0.15, -0.1) is 11.3 Å². The van der Waals surface area contributed by atoms with Gasteiger partial charge in [-0.2, -0.15) is 0 Å². The van der Waals surface area contributed by atoms with Crippen molar-refractivity contribution in [2.45, 2.75) is 56.3 Å². The maximum absolute atomic E-state index is 12.0. The largest absolute Gasteiger partial charge is 0.462 e. The van der Waals surface area contributed by atoms with Crippen LogP contribution in [0.1, 0.15) is 61.9 Å². The zero-order chi connectivity index (χ0) is 20.1. The first-order chi connectivity index (χ1) is 12.6. The second-order valence-electron chi connectivity index (χ2n) is 7.84. The minimum atomic E-state index is -0.293. The standard InChI is InChI=1S/C23H29IO2S/c1-6-22(2,3)19-16-18(21(27-19)23(4,5)24)14-15-26-20(25)13-12-17-10-8-7-9-11-17/h7-13,16H,6,14-15H2,1-5H3/b13-12+. The van der Waals surface area contributed by atoms with Crippen molar-refractivity contribution in [2.75, 3.05) is 6.61 Å². The fraction of sp³-hybridized carbons (Fsp3) is 0.435. The Hall–Kier alpha value is -1.14. The quantitative estimate of drug-likeness (QED) is 0.172. The first-order valence-electron chi connectivity index (χ1n) is 9.36. The van der Waals surface area contributed by atoms with Crippen molar-refractivity contribution < 1.29 is 9.53 Å². The molecule has 2 aromatic rings. The predicted molar refractivity (Wildman–Crippen MR) is 125 cm³/mol. The lowest BCUT2D eigenvalue weighted by Gasteiger charge is -2.21. The number of carbonyl (C=O) groups excluding carboxylic acids is 1. The van der Waals surface area contributed by atoms with Gasteiger partial charge < -0.3 is 4.74 Å². The maximum atomic E-state index is 12.0. The molecule has 0 fully saturated rings. The molecule has 1 heterocycles. The Morgan fingerprint density at radius 3 is 2.44 bits per heavy atom. The fourth-order valence-electron chi connectivity index (χ4n) is 2.66. The summed E-state index contributed by atoms with van der Waals surface area (Å²) in [7, 11) is 0. The van der Waals surface area contributed by atoms with Crippen LogP contribution >= 0.6 is 33.9 Å². The normalized spacial score (nSPS) is 12.5. The van der Waals surface area contributed by atoms with Gasteiger partial charge in [0.1, 0.15) is 0 Å². The predicted octanol–water partition coefficient (Wildman–Crippen LogP) is 6.90. The lowest BCUT2D eigenvalue weighted by molar-refractivity contribution is -0.137. The minimum Gasteiger partial charge on any atom is -0.462 e. The SMILES string of the molecule is CCC(C)(C)c1cc(CCOC(=O)/C=C/c2ccccc2)c(C(C)(C)I)s1. The van der Waals surface area contributed by atoms with Gasteiger partial charge >= 0.3 is 5.97 Å². The summed E-state index contributed by atoms with van der Waals surface area (Å²) in [6.07, 6.45) is 5.14. The second kappa shape index (κ2) is 9.37. The van der Waals surface area contributed by atoms with Crippen LogP contribution < -0.4 is 0 Å². The number of hydrogen-bond donors (Lipinski definition) is 0. The van der Waals surface area contributed by atoms with Crippen LogP contribution in [0.25, 0.3) is 6.08 Å². The Labute approximate surface area is 181 Å². The van der Waals surface area contributed by atoms with E-state index in [-0.39, 0.29) is 14.8 Å². The van der Waals surface area contributed by atoms with E-state index in [1.54, 1.807) is 6.08 Å². The van der Waals surface area contributed by atoms with E-state index < -0.39 is 0 Å². The number of benzene rings is 1. The van der Waals surface area contributed by atoms with E-state index in [0.717, 1.165) is 18.4 Å². The molecule has 146 valence electrons. The topological polar surface area (TPSA) is 26.3 Å². The van der Waals surface area contributed by atoms with Gasteiger partial charge in [0.15, 0.2) is 0 Å². The number of alkyl halides is 1. The monoisotopic (exact) mass is 496 g/mol. The lowest BCUT2D eigenvalue weighted by Crippen LogP contribution is -2.13. The van der Waals surface area contributed by atoms with Gasteiger partial charge in [0.2, 0.25) is 0 Å². The van der Waals surface area contributed by atoms with Crippen LogP contribution in [0.2, 0.25) is 0 Å². The van der Waals surface area contributed by atoms with Gasteiger partial charge in [0.25, 0.3) is 0 Å². The fourth-order valence-corrected chi connectivity index (χ4v) is 4.72.